The molecule has 4 rings (SSSR count). The van der Waals surface area contributed by atoms with Gasteiger partial charge in [0.25, 0.3) is 11.5 Å². The van der Waals surface area contributed by atoms with Crippen LogP contribution in [0.3, 0.4) is 0 Å². The molecule has 0 aliphatic heterocycles. The first-order valence-electron chi connectivity index (χ1n) is 7.07. The van der Waals surface area contributed by atoms with E-state index in [-0.39, 0.29) is 11.5 Å². The van der Waals surface area contributed by atoms with Crippen molar-refractivity contribution in [2.75, 3.05) is 0 Å². The summed E-state index contributed by atoms with van der Waals surface area (Å²) in [5.41, 5.74) is 0.592. The molecule has 114 valence electrons. The molecule has 3 aromatic heterocycles. The predicted molar refractivity (Wildman–Crippen MR) is 89.8 cm³/mol. The van der Waals surface area contributed by atoms with Gasteiger partial charge in [0.1, 0.15) is 5.76 Å². The molecule has 1 aromatic carbocycles. The van der Waals surface area contributed by atoms with Crippen molar-refractivity contribution in [1.82, 2.24) is 10.3 Å². The second kappa shape index (κ2) is 5.40. The van der Waals surface area contributed by atoms with Crippen molar-refractivity contribution in [3.05, 3.63) is 69.7 Å². The van der Waals surface area contributed by atoms with E-state index in [1.165, 1.54) is 11.3 Å². The lowest BCUT2D eigenvalue weighted by Crippen LogP contribution is -2.21. The van der Waals surface area contributed by atoms with Crippen LogP contribution in [0.15, 0.2) is 57.9 Å². The number of carbonyl (C=O) groups is 1. The number of amides is 1. The first-order valence-corrected chi connectivity index (χ1v) is 7.89. The number of rotatable bonds is 3. The van der Waals surface area contributed by atoms with Crippen LogP contribution in [0.5, 0.6) is 0 Å². The monoisotopic (exact) mass is 324 g/mol. The van der Waals surface area contributed by atoms with E-state index in [1.807, 2.05) is 24.3 Å². The maximum absolute atomic E-state index is 12.3. The van der Waals surface area contributed by atoms with E-state index >= 15 is 0 Å². The highest BCUT2D eigenvalue weighted by Crippen LogP contribution is 2.29. The van der Waals surface area contributed by atoms with Crippen LogP contribution in [0.2, 0.25) is 0 Å². The fourth-order valence-corrected chi connectivity index (χ4v) is 3.63. The number of hydrogen-bond acceptors (Lipinski definition) is 4. The number of aromatic nitrogens is 1. The number of thiophene rings is 1. The summed E-state index contributed by atoms with van der Waals surface area (Å²) in [5.74, 6) is 0.467. The summed E-state index contributed by atoms with van der Waals surface area (Å²) < 4.78 is 6.02. The zero-order chi connectivity index (χ0) is 15.8. The molecule has 6 heteroatoms. The Morgan fingerprint density at radius 2 is 2.04 bits per heavy atom. The summed E-state index contributed by atoms with van der Waals surface area (Å²) in [7, 11) is 0. The molecular formula is C17H12N2O3S. The van der Waals surface area contributed by atoms with Gasteiger partial charge in [0.2, 0.25) is 0 Å². The summed E-state index contributed by atoms with van der Waals surface area (Å²) in [5, 5.41) is 4.28. The van der Waals surface area contributed by atoms with E-state index in [1.54, 1.807) is 24.5 Å². The van der Waals surface area contributed by atoms with E-state index in [9.17, 15) is 9.59 Å². The number of fused-ring (bicyclic) bond motifs is 3. The second-order valence-electron chi connectivity index (χ2n) is 5.12. The van der Waals surface area contributed by atoms with Crippen molar-refractivity contribution in [2.24, 2.45) is 0 Å². The number of pyridine rings is 1. The van der Waals surface area contributed by atoms with E-state index in [2.05, 4.69) is 10.3 Å². The molecule has 3 heterocycles. The van der Waals surface area contributed by atoms with Gasteiger partial charge in [-0.1, -0.05) is 18.2 Å². The number of furan rings is 1. The average Bonchev–Trinajstić information content (AvgIpc) is 3.23. The fourth-order valence-electron chi connectivity index (χ4n) is 2.52. The summed E-state index contributed by atoms with van der Waals surface area (Å²) in [6, 6.07) is 12.8. The number of carbonyl (C=O) groups excluding carboxylic acids is 1. The zero-order valence-corrected chi connectivity index (χ0v) is 12.8. The molecular weight excluding hydrogens is 312 g/mol. The van der Waals surface area contributed by atoms with Gasteiger partial charge in [0.05, 0.1) is 23.1 Å². The molecule has 0 saturated heterocycles. The molecule has 23 heavy (non-hydrogen) atoms. The Morgan fingerprint density at radius 3 is 2.87 bits per heavy atom. The quantitative estimate of drug-likeness (QED) is 0.607. The van der Waals surface area contributed by atoms with Gasteiger partial charge in [-0.3, -0.25) is 9.59 Å². The maximum Gasteiger partial charge on any atom is 0.261 e. The van der Waals surface area contributed by atoms with Gasteiger partial charge >= 0.3 is 0 Å². The molecule has 0 aliphatic carbocycles. The number of H-pyrrole nitrogens is 1. The van der Waals surface area contributed by atoms with Crippen LogP contribution >= 0.6 is 11.3 Å². The lowest BCUT2D eigenvalue weighted by Gasteiger charge is -2.00. The SMILES string of the molecule is O=C(NCc1ccco1)c1cc2c(=O)[nH]c3ccccc3c2s1. The van der Waals surface area contributed by atoms with Crippen molar-refractivity contribution < 1.29 is 9.21 Å². The third-order valence-electron chi connectivity index (χ3n) is 3.62. The maximum atomic E-state index is 12.3. The van der Waals surface area contributed by atoms with Gasteiger partial charge in [0.15, 0.2) is 0 Å². The topological polar surface area (TPSA) is 75.1 Å². The largest absolute Gasteiger partial charge is 0.467 e. The van der Waals surface area contributed by atoms with Gasteiger partial charge in [0, 0.05) is 15.6 Å². The Bertz CT molecular complexity index is 1060. The third-order valence-corrected chi connectivity index (χ3v) is 4.79. The lowest BCUT2D eigenvalue weighted by atomic mass is 10.2. The molecule has 0 saturated carbocycles. The highest BCUT2D eigenvalue weighted by atomic mass is 32.1. The lowest BCUT2D eigenvalue weighted by molar-refractivity contribution is 0.0952. The average molecular weight is 324 g/mol. The molecule has 0 atom stereocenters. The van der Waals surface area contributed by atoms with Crippen molar-refractivity contribution in [3.8, 4) is 0 Å². The van der Waals surface area contributed by atoms with Crippen LogP contribution in [-0.4, -0.2) is 10.9 Å². The Hall–Kier alpha value is -2.86. The van der Waals surface area contributed by atoms with Crippen LogP contribution in [0, 0.1) is 0 Å². The second-order valence-corrected chi connectivity index (χ2v) is 6.17. The summed E-state index contributed by atoms with van der Waals surface area (Å²) in [6.07, 6.45) is 1.56. The summed E-state index contributed by atoms with van der Waals surface area (Å²) in [4.78, 5) is 27.8. The van der Waals surface area contributed by atoms with Gasteiger partial charge in [-0.05, 0) is 24.3 Å². The minimum Gasteiger partial charge on any atom is -0.467 e. The van der Waals surface area contributed by atoms with Gasteiger partial charge in [-0.2, -0.15) is 0 Å². The Labute approximate surface area is 134 Å². The molecule has 2 N–H and O–H groups in total. The normalized spacial score (nSPS) is 11.1. The molecule has 5 nitrogen and oxygen atoms in total. The van der Waals surface area contributed by atoms with Crippen molar-refractivity contribution in [3.63, 3.8) is 0 Å². The first kappa shape index (κ1) is 13.8. The minimum atomic E-state index is -0.217. The number of hydrogen-bond donors (Lipinski definition) is 2. The van der Waals surface area contributed by atoms with Crippen LogP contribution in [0.1, 0.15) is 15.4 Å². The van der Waals surface area contributed by atoms with Gasteiger partial charge in [-0.15, -0.1) is 11.3 Å². The van der Waals surface area contributed by atoms with Gasteiger partial charge < -0.3 is 14.7 Å². The van der Waals surface area contributed by atoms with E-state index < -0.39 is 0 Å². The minimum absolute atomic E-state index is 0.181. The standard InChI is InChI=1S/C17H12N2O3S/c20-16-12-8-14(17(21)18-9-10-4-3-7-22-10)23-15(12)11-5-1-2-6-13(11)19-16/h1-8H,9H2,(H,18,21)(H,19,20). The van der Waals surface area contributed by atoms with Crippen LogP contribution in [-0.2, 0) is 6.54 Å². The van der Waals surface area contributed by atoms with E-state index in [0.717, 1.165) is 15.6 Å². The first-order chi connectivity index (χ1) is 11.2. The highest BCUT2D eigenvalue weighted by molar-refractivity contribution is 7.21. The number of nitrogens with one attached hydrogen (secondary N) is 2. The van der Waals surface area contributed by atoms with Crippen LogP contribution in [0.25, 0.3) is 21.0 Å². The van der Waals surface area contributed by atoms with Crippen molar-refractivity contribution >= 4 is 38.2 Å². The number of benzene rings is 1. The van der Waals surface area contributed by atoms with Crippen molar-refractivity contribution in [1.29, 1.82) is 0 Å². The molecule has 1 amide bonds. The summed E-state index contributed by atoms with van der Waals surface area (Å²) >= 11 is 1.32. The van der Waals surface area contributed by atoms with Crippen LogP contribution < -0.4 is 10.9 Å². The molecule has 0 fully saturated rings. The highest BCUT2D eigenvalue weighted by Gasteiger charge is 2.14. The van der Waals surface area contributed by atoms with E-state index in [4.69, 9.17) is 4.42 Å². The predicted octanol–water partition coefficient (Wildman–Crippen LogP) is 3.27. The van der Waals surface area contributed by atoms with Crippen LogP contribution in [0.4, 0.5) is 0 Å². The van der Waals surface area contributed by atoms with Gasteiger partial charge in [-0.25, -0.2) is 0 Å². The summed E-state index contributed by atoms with van der Waals surface area (Å²) in [6.45, 7) is 0.317. The molecule has 0 radical (unpaired) electrons. The molecule has 0 spiro atoms. The van der Waals surface area contributed by atoms with Crippen molar-refractivity contribution in [2.45, 2.75) is 6.54 Å². The Balaban J connectivity index is 1.73. The molecule has 0 unspecified atom stereocenters. The Morgan fingerprint density at radius 1 is 1.17 bits per heavy atom. The molecule has 4 aromatic rings. The fraction of sp³-hybridized carbons (Fsp3) is 0.0588. The molecule has 0 bridgehead atoms. The smallest absolute Gasteiger partial charge is 0.261 e. The number of aromatic amines is 1. The Kier molecular flexibility index (Phi) is 3.24. The van der Waals surface area contributed by atoms with E-state index in [0.29, 0.717) is 22.6 Å². The third kappa shape index (κ3) is 2.43. The number of para-hydroxylation sites is 1. The zero-order valence-electron chi connectivity index (χ0n) is 12.0. The molecule has 0 aliphatic rings.